The minimum absolute atomic E-state index is 0.0598. The van der Waals surface area contributed by atoms with Crippen molar-refractivity contribution in [3.05, 3.63) is 234 Å². The molecular formula is C61H45N7. The van der Waals surface area contributed by atoms with Gasteiger partial charge in [-0.2, -0.15) is 5.26 Å². The number of hydrogen-bond acceptors (Lipinski definition) is 6. The fraction of sp³-hybridized carbons (Fsp3) is 0.115. The largest absolute Gasteiger partial charge is 0.331 e. The quantitative estimate of drug-likeness (QED) is 0.166. The molecule has 0 saturated carbocycles. The Morgan fingerprint density at radius 2 is 1.15 bits per heavy atom. The summed E-state index contributed by atoms with van der Waals surface area (Å²) >= 11 is 0. The molecule has 7 aromatic carbocycles. The smallest absolute Gasteiger partial charge is 0.166 e. The molecule has 2 aliphatic heterocycles. The van der Waals surface area contributed by atoms with E-state index in [1.807, 2.05) is 66.7 Å². The van der Waals surface area contributed by atoms with Crippen LogP contribution in [-0.2, 0) is 11.8 Å². The number of allylic oxidation sites excluding steroid dienone is 2. The van der Waals surface area contributed by atoms with E-state index in [2.05, 4.69) is 168 Å². The molecule has 68 heavy (non-hydrogen) atoms. The zero-order chi connectivity index (χ0) is 45.5. The topological polar surface area (TPSA) is 73.9 Å². The summed E-state index contributed by atoms with van der Waals surface area (Å²) in [7, 11) is 0. The minimum atomic E-state index is -0.294. The van der Waals surface area contributed by atoms with Crippen molar-refractivity contribution in [2.45, 2.75) is 38.1 Å². The van der Waals surface area contributed by atoms with E-state index in [1.54, 1.807) is 0 Å². The van der Waals surface area contributed by atoms with Gasteiger partial charge in [0.25, 0.3) is 0 Å². The molecule has 0 N–H and O–H groups in total. The zero-order valence-corrected chi connectivity index (χ0v) is 37.8. The third kappa shape index (κ3) is 6.00. The predicted molar refractivity (Wildman–Crippen MR) is 274 cm³/mol. The lowest BCUT2D eigenvalue weighted by atomic mass is 9.73. The normalized spacial score (nSPS) is 17.3. The molecule has 7 nitrogen and oxygen atoms in total. The summed E-state index contributed by atoms with van der Waals surface area (Å²) in [6.45, 7) is 4.62. The maximum Gasteiger partial charge on any atom is 0.166 e. The summed E-state index contributed by atoms with van der Waals surface area (Å²) in [6, 6.07) is 64.2. The summed E-state index contributed by atoms with van der Waals surface area (Å²) in [5, 5.41) is 12.9. The third-order valence-corrected chi connectivity index (χ3v) is 14.5. The molecule has 9 aromatic rings. The minimum Gasteiger partial charge on any atom is -0.331 e. The lowest BCUT2D eigenvalue weighted by Crippen LogP contribution is -2.34. The van der Waals surface area contributed by atoms with Gasteiger partial charge in [-0.05, 0) is 77.6 Å². The number of aryl methyl sites for hydroxylation is 1. The number of aromatic nitrogens is 4. The van der Waals surface area contributed by atoms with Crippen LogP contribution in [0.25, 0.3) is 56.5 Å². The second kappa shape index (κ2) is 15.5. The molecule has 4 heterocycles. The summed E-state index contributed by atoms with van der Waals surface area (Å²) in [6.07, 6.45) is 10.9. The Bertz CT molecular complexity index is 3520. The highest BCUT2D eigenvalue weighted by Crippen LogP contribution is 2.57. The molecule has 324 valence electrons. The van der Waals surface area contributed by atoms with Gasteiger partial charge >= 0.3 is 0 Å². The van der Waals surface area contributed by atoms with E-state index in [-0.39, 0.29) is 17.4 Å². The number of nitriles is 1. The molecule has 0 fully saturated rings. The number of hydrogen-bond donors (Lipinski definition) is 0. The van der Waals surface area contributed by atoms with E-state index < -0.39 is 0 Å². The van der Waals surface area contributed by atoms with E-state index in [0.29, 0.717) is 23.0 Å². The molecule has 4 aliphatic rings. The second-order valence-corrected chi connectivity index (χ2v) is 18.6. The van der Waals surface area contributed by atoms with Crippen molar-refractivity contribution >= 4 is 39.3 Å². The van der Waals surface area contributed by atoms with Crippen molar-refractivity contribution in [3.8, 4) is 45.9 Å². The molecular weight excluding hydrogens is 831 g/mol. The highest BCUT2D eigenvalue weighted by Gasteiger charge is 2.46. The molecule has 0 radical (unpaired) electrons. The Kier molecular flexibility index (Phi) is 9.06. The fourth-order valence-electron chi connectivity index (χ4n) is 11.5. The van der Waals surface area contributed by atoms with Crippen LogP contribution < -0.4 is 9.80 Å². The van der Waals surface area contributed by atoms with Crippen LogP contribution in [-0.4, -0.2) is 25.6 Å². The fourth-order valence-corrected chi connectivity index (χ4v) is 11.5. The van der Waals surface area contributed by atoms with E-state index in [1.165, 1.54) is 44.6 Å². The molecule has 0 saturated heterocycles. The van der Waals surface area contributed by atoms with Gasteiger partial charge in [-0.1, -0.05) is 172 Å². The van der Waals surface area contributed by atoms with Gasteiger partial charge in [-0.25, -0.2) is 15.0 Å². The van der Waals surface area contributed by atoms with Crippen LogP contribution in [0.3, 0.4) is 0 Å². The van der Waals surface area contributed by atoms with Crippen molar-refractivity contribution in [2.75, 3.05) is 9.80 Å². The van der Waals surface area contributed by atoms with Gasteiger partial charge in [0.1, 0.15) is 6.07 Å². The van der Waals surface area contributed by atoms with Gasteiger partial charge in [0.2, 0.25) is 0 Å². The first-order chi connectivity index (χ1) is 33.5. The average molecular weight is 876 g/mol. The summed E-state index contributed by atoms with van der Waals surface area (Å²) in [5.74, 6) is 1.73. The van der Waals surface area contributed by atoms with E-state index in [9.17, 15) is 5.26 Å². The first-order valence-electron chi connectivity index (χ1n) is 23.5. The van der Waals surface area contributed by atoms with Gasteiger partial charge in [0.05, 0.1) is 51.3 Å². The number of nitrogens with zero attached hydrogens (tertiary/aromatic N) is 7. The van der Waals surface area contributed by atoms with E-state index in [0.717, 1.165) is 58.0 Å². The Labute approximate surface area is 396 Å². The number of benzene rings is 7. The monoisotopic (exact) mass is 875 g/mol. The first-order valence-corrected chi connectivity index (χ1v) is 23.5. The first kappa shape index (κ1) is 39.7. The van der Waals surface area contributed by atoms with Crippen molar-refractivity contribution in [1.29, 1.82) is 5.26 Å². The maximum atomic E-state index is 11.6. The van der Waals surface area contributed by atoms with Crippen LogP contribution >= 0.6 is 0 Å². The van der Waals surface area contributed by atoms with Gasteiger partial charge in [-0.3, -0.25) is 0 Å². The van der Waals surface area contributed by atoms with Crippen LogP contribution in [0.15, 0.2) is 206 Å². The molecule has 2 unspecified atom stereocenters. The number of anilines is 4. The Morgan fingerprint density at radius 1 is 0.574 bits per heavy atom. The standard InChI is InChI=1S/C61H45N7/c1-61(2)48-28-14-18-32-52(48)67(53-33-19-15-29-49(53)61)55-37-54(41(38-62)36-47(55)60-64-58(39-20-6-3-7-21-39)63-59(65-60)40-22-8-4-9-23-40)68-51-31-17-13-27-44(51)46-35-34-45-43-26-12-16-30-50(43)66(56(45)57(46)68)42-24-10-5-11-25-42/h3-33,36-37,44,51H,34-35H2,1-2H3. The second-order valence-electron chi connectivity index (χ2n) is 18.6. The van der Waals surface area contributed by atoms with Crippen LogP contribution in [0.5, 0.6) is 0 Å². The molecule has 2 aromatic heterocycles. The van der Waals surface area contributed by atoms with Crippen LogP contribution in [0.2, 0.25) is 0 Å². The van der Waals surface area contributed by atoms with Crippen molar-refractivity contribution in [3.63, 3.8) is 0 Å². The molecule has 0 amide bonds. The van der Waals surface area contributed by atoms with Gasteiger partial charge < -0.3 is 14.4 Å². The lowest BCUT2D eigenvalue weighted by Gasteiger charge is -2.43. The van der Waals surface area contributed by atoms with Crippen LogP contribution in [0, 0.1) is 17.2 Å². The van der Waals surface area contributed by atoms with Crippen molar-refractivity contribution in [2.24, 2.45) is 5.92 Å². The van der Waals surface area contributed by atoms with E-state index >= 15 is 0 Å². The predicted octanol–water partition coefficient (Wildman–Crippen LogP) is 14.1. The Balaban J connectivity index is 1.13. The Morgan fingerprint density at radius 3 is 1.81 bits per heavy atom. The molecule has 2 atom stereocenters. The highest BCUT2D eigenvalue weighted by atomic mass is 15.2. The number of rotatable bonds is 6. The SMILES string of the molecule is CC1(C)c2ccccc2N(c2cc(N3C4=C(CCc5c4n(-c4ccccc4)c4ccccc54)C4C=CC=CC43)c(C#N)cc2-c2nc(-c3ccccc3)nc(-c3ccccc3)n2)c2ccccc21. The van der Waals surface area contributed by atoms with Gasteiger partial charge in [0, 0.05) is 39.1 Å². The molecule has 2 aliphatic carbocycles. The zero-order valence-electron chi connectivity index (χ0n) is 37.8. The van der Waals surface area contributed by atoms with Crippen LogP contribution in [0.4, 0.5) is 22.7 Å². The highest BCUT2D eigenvalue weighted by molar-refractivity contribution is 6.01. The van der Waals surface area contributed by atoms with Crippen molar-refractivity contribution < 1.29 is 0 Å². The Hall–Kier alpha value is -8.60. The number of para-hydroxylation sites is 4. The molecule has 7 heteroatoms. The number of fused-ring (bicyclic) bond motifs is 8. The van der Waals surface area contributed by atoms with Crippen LogP contribution in [0.1, 0.15) is 48.2 Å². The molecule has 0 spiro atoms. The van der Waals surface area contributed by atoms with E-state index in [4.69, 9.17) is 15.0 Å². The lowest BCUT2D eigenvalue weighted by molar-refractivity contribution is 0.632. The molecule has 0 bridgehead atoms. The van der Waals surface area contributed by atoms with Crippen molar-refractivity contribution in [1.82, 2.24) is 19.5 Å². The molecule has 13 rings (SSSR count). The maximum absolute atomic E-state index is 11.6. The summed E-state index contributed by atoms with van der Waals surface area (Å²) < 4.78 is 2.46. The average Bonchev–Trinajstić information content (AvgIpc) is 3.92. The third-order valence-electron chi connectivity index (χ3n) is 14.5. The van der Waals surface area contributed by atoms with Gasteiger partial charge in [-0.15, -0.1) is 0 Å². The summed E-state index contributed by atoms with van der Waals surface area (Å²) in [4.78, 5) is 20.6. The van der Waals surface area contributed by atoms with Gasteiger partial charge in [0.15, 0.2) is 17.5 Å². The summed E-state index contributed by atoms with van der Waals surface area (Å²) in [5.41, 5.74) is 16.4.